The number of fused-ring (bicyclic) bond motifs is 1. The monoisotopic (exact) mass is 261 g/mol. The second kappa shape index (κ2) is 3.77. The van der Waals surface area contributed by atoms with Crippen molar-refractivity contribution in [3.8, 4) is 0 Å². The quantitative estimate of drug-likeness (QED) is 0.900. The smallest absolute Gasteiger partial charge is 0.132 e. The lowest BCUT2D eigenvalue weighted by Crippen LogP contribution is -2.40. The Hall–Kier alpha value is -1.46. The highest BCUT2D eigenvalue weighted by molar-refractivity contribution is 5.76. The van der Waals surface area contributed by atoms with Crippen LogP contribution in [0.1, 0.15) is 31.1 Å². The minimum absolute atomic E-state index is 0.256. The van der Waals surface area contributed by atoms with Crippen molar-refractivity contribution in [2.75, 3.05) is 13.2 Å². The highest BCUT2D eigenvalue weighted by Crippen LogP contribution is 2.42. The first-order chi connectivity index (χ1) is 9.17. The summed E-state index contributed by atoms with van der Waals surface area (Å²) in [5, 5.41) is 0. The third-order valence-electron chi connectivity index (χ3n) is 4.06. The van der Waals surface area contributed by atoms with Crippen molar-refractivity contribution in [2.24, 2.45) is 5.73 Å². The Balaban J connectivity index is 1.96. The molecule has 0 amide bonds. The molecule has 100 valence electrons. The average molecular weight is 261 g/mol. The van der Waals surface area contributed by atoms with Gasteiger partial charge in [0.25, 0.3) is 0 Å². The van der Waals surface area contributed by atoms with E-state index >= 15 is 0 Å². The molecule has 1 aromatic carbocycles. The lowest BCUT2D eigenvalue weighted by molar-refractivity contribution is 0.175. The van der Waals surface area contributed by atoms with Crippen molar-refractivity contribution in [3.05, 3.63) is 29.8 Å². The number of nitrogens with zero attached hydrogens (tertiary/aromatic N) is 2. The summed E-state index contributed by atoms with van der Waals surface area (Å²) in [6.45, 7) is 1.16. The van der Waals surface area contributed by atoms with Crippen LogP contribution in [0.4, 0.5) is 4.39 Å². The Morgan fingerprint density at radius 1 is 1.42 bits per heavy atom. The summed E-state index contributed by atoms with van der Waals surface area (Å²) in [6.07, 6.45) is 3.06. The molecule has 0 radical (unpaired) electrons. The third kappa shape index (κ3) is 1.69. The van der Waals surface area contributed by atoms with Gasteiger partial charge in [-0.15, -0.1) is 0 Å². The number of ether oxygens (including phenoxy) is 1. The van der Waals surface area contributed by atoms with Gasteiger partial charge in [0.2, 0.25) is 0 Å². The molecule has 2 aliphatic rings. The van der Waals surface area contributed by atoms with Gasteiger partial charge in [0.05, 0.1) is 17.6 Å². The van der Waals surface area contributed by atoms with Gasteiger partial charge in [-0.3, -0.25) is 0 Å². The van der Waals surface area contributed by atoms with Crippen LogP contribution in [0, 0.1) is 5.82 Å². The van der Waals surface area contributed by atoms with Gasteiger partial charge in [0, 0.05) is 18.7 Å². The molecule has 1 aliphatic heterocycles. The van der Waals surface area contributed by atoms with Gasteiger partial charge in [-0.2, -0.15) is 0 Å². The second-order valence-corrected chi connectivity index (χ2v) is 5.63. The Morgan fingerprint density at radius 2 is 2.26 bits per heavy atom. The van der Waals surface area contributed by atoms with E-state index in [2.05, 4.69) is 9.55 Å². The van der Waals surface area contributed by atoms with Gasteiger partial charge in [0.1, 0.15) is 17.2 Å². The van der Waals surface area contributed by atoms with Crippen molar-refractivity contribution >= 4 is 11.0 Å². The minimum atomic E-state index is -0.530. The molecule has 1 aliphatic carbocycles. The molecule has 2 heterocycles. The zero-order valence-electron chi connectivity index (χ0n) is 10.6. The minimum Gasteiger partial charge on any atom is -0.379 e. The van der Waals surface area contributed by atoms with Gasteiger partial charge < -0.3 is 15.0 Å². The van der Waals surface area contributed by atoms with E-state index in [1.165, 1.54) is 12.1 Å². The second-order valence-electron chi connectivity index (χ2n) is 5.63. The molecular weight excluding hydrogens is 245 g/mol. The largest absolute Gasteiger partial charge is 0.379 e. The van der Waals surface area contributed by atoms with Crippen LogP contribution >= 0.6 is 0 Å². The molecule has 1 atom stereocenters. The lowest BCUT2D eigenvalue weighted by Gasteiger charge is -2.22. The molecule has 19 heavy (non-hydrogen) atoms. The number of imidazole rings is 1. The summed E-state index contributed by atoms with van der Waals surface area (Å²) in [5.41, 5.74) is 7.59. The summed E-state index contributed by atoms with van der Waals surface area (Å²) in [6, 6.07) is 5.24. The third-order valence-corrected chi connectivity index (χ3v) is 4.06. The Labute approximate surface area is 110 Å². The number of hydrogen-bond donors (Lipinski definition) is 1. The number of benzene rings is 1. The van der Waals surface area contributed by atoms with Crippen LogP contribution in [0.15, 0.2) is 18.2 Å². The lowest BCUT2D eigenvalue weighted by atomic mass is 9.99. The van der Waals surface area contributed by atoms with Gasteiger partial charge in [-0.05, 0) is 31.4 Å². The van der Waals surface area contributed by atoms with Crippen LogP contribution < -0.4 is 5.73 Å². The van der Waals surface area contributed by atoms with Gasteiger partial charge >= 0.3 is 0 Å². The van der Waals surface area contributed by atoms with E-state index in [-0.39, 0.29) is 5.82 Å². The molecule has 4 nitrogen and oxygen atoms in total. The van der Waals surface area contributed by atoms with Crippen LogP contribution in [0.2, 0.25) is 0 Å². The maximum absolute atomic E-state index is 13.4. The van der Waals surface area contributed by atoms with Crippen LogP contribution in [-0.2, 0) is 10.3 Å². The Morgan fingerprint density at radius 3 is 2.95 bits per heavy atom. The molecule has 1 saturated carbocycles. The predicted molar refractivity (Wildman–Crippen MR) is 69.3 cm³/mol. The van der Waals surface area contributed by atoms with Crippen molar-refractivity contribution in [1.82, 2.24) is 9.55 Å². The Bertz CT molecular complexity index is 641. The molecule has 1 unspecified atom stereocenters. The van der Waals surface area contributed by atoms with Gasteiger partial charge in [-0.1, -0.05) is 0 Å². The fourth-order valence-electron chi connectivity index (χ4n) is 2.88. The van der Waals surface area contributed by atoms with E-state index in [1.807, 2.05) is 0 Å². The highest BCUT2D eigenvalue weighted by atomic mass is 19.1. The zero-order chi connectivity index (χ0) is 13.0. The molecule has 2 N–H and O–H groups in total. The van der Waals surface area contributed by atoms with Gasteiger partial charge in [0.15, 0.2) is 0 Å². The highest BCUT2D eigenvalue weighted by Gasteiger charge is 2.40. The van der Waals surface area contributed by atoms with E-state index in [0.29, 0.717) is 24.8 Å². The van der Waals surface area contributed by atoms with E-state index in [1.54, 1.807) is 6.07 Å². The van der Waals surface area contributed by atoms with Gasteiger partial charge in [-0.25, -0.2) is 9.37 Å². The summed E-state index contributed by atoms with van der Waals surface area (Å²) in [7, 11) is 0. The van der Waals surface area contributed by atoms with E-state index in [4.69, 9.17) is 10.5 Å². The fraction of sp³-hybridized carbons (Fsp3) is 0.500. The van der Waals surface area contributed by atoms with Crippen molar-refractivity contribution < 1.29 is 9.13 Å². The summed E-state index contributed by atoms with van der Waals surface area (Å²) in [5.74, 6) is 0.598. The first kappa shape index (κ1) is 11.4. The topological polar surface area (TPSA) is 53.1 Å². The van der Waals surface area contributed by atoms with Crippen LogP contribution in [0.3, 0.4) is 0 Å². The standard InChI is InChI=1S/C14H16FN3O/c15-9-1-4-12-11(7-9)17-13(18(12)10-2-3-10)14(16)5-6-19-8-14/h1,4,7,10H,2-3,5-6,8,16H2. The first-order valence-electron chi connectivity index (χ1n) is 6.72. The molecule has 1 aromatic heterocycles. The normalized spacial score (nSPS) is 27.3. The van der Waals surface area contributed by atoms with E-state index < -0.39 is 5.54 Å². The fourth-order valence-corrected chi connectivity index (χ4v) is 2.88. The molecule has 0 bridgehead atoms. The summed E-state index contributed by atoms with van der Waals surface area (Å²) < 4.78 is 21.0. The molecule has 4 rings (SSSR count). The first-order valence-corrected chi connectivity index (χ1v) is 6.72. The summed E-state index contributed by atoms with van der Waals surface area (Å²) in [4.78, 5) is 4.61. The number of aromatic nitrogens is 2. The SMILES string of the molecule is NC1(c2nc3cc(F)ccc3n2C2CC2)CCOC1. The number of hydrogen-bond acceptors (Lipinski definition) is 3. The molecule has 1 saturated heterocycles. The predicted octanol–water partition coefficient (Wildman–Crippen LogP) is 2.08. The van der Waals surface area contributed by atoms with E-state index in [0.717, 1.165) is 30.6 Å². The van der Waals surface area contributed by atoms with Crippen LogP contribution in [0.25, 0.3) is 11.0 Å². The number of nitrogens with two attached hydrogens (primary N) is 1. The average Bonchev–Trinajstić information content (AvgIpc) is 3.01. The van der Waals surface area contributed by atoms with Crippen LogP contribution in [0.5, 0.6) is 0 Å². The number of halogens is 1. The maximum Gasteiger partial charge on any atom is 0.132 e. The van der Waals surface area contributed by atoms with Crippen molar-refractivity contribution in [1.29, 1.82) is 0 Å². The molecule has 2 aromatic rings. The molecule has 5 heteroatoms. The summed E-state index contributed by atoms with van der Waals surface area (Å²) >= 11 is 0. The maximum atomic E-state index is 13.4. The molecular formula is C14H16FN3O. The van der Waals surface area contributed by atoms with Crippen molar-refractivity contribution in [2.45, 2.75) is 30.8 Å². The van der Waals surface area contributed by atoms with E-state index in [9.17, 15) is 4.39 Å². The van der Waals surface area contributed by atoms with Crippen molar-refractivity contribution in [3.63, 3.8) is 0 Å². The molecule has 0 spiro atoms. The molecule has 2 fully saturated rings. The van der Waals surface area contributed by atoms with Crippen LogP contribution in [-0.4, -0.2) is 22.8 Å². The number of rotatable bonds is 2. The zero-order valence-corrected chi connectivity index (χ0v) is 10.6. The Kier molecular flexibility index (Phi) is 2.26.